The highest BCUT2D eigenvalue weighted by Crippen LogP contribution is 2.35. The second-order valence-corrected chi connectivity index (χ2v) is 10.2. The van der Waals surface area contributed by atoms with Gasteiger partial charge in [0.05, 0.1) is 13.2 Å². The molecular formula is C19H30BrN3O5S. The Kier molecular flexibility index (Phi) is 8.33. The maximum atomic E-state index is 13.2. The van der Waals surface area contributed by atoms with E-state index in [1.807, 2.05) is 13.8 Å². The van der Waals surface area contributed by atoms with Gasteiger partial charge in [0.15, 0.2) is 0 Å². The number of amides is 2. The number of rotatable bonds is 6. The van der Waals surface area contributed by atoms with E-state index in [1.165, 1.54) is 10.4 Å². The Morgan fingerprint density at radius 2 is 2.17 bits per heavy atom. The minimum atomic E-state index is -3.85. The average molecular weight is 492 g/mol. The molecule has 0 aromatic heterocycles. The molecule has 10 heteroatoms. The van der Waals surface area contributed by atoms with E-state index in [0.29, 0.717) is 17.6 Å². The lowest BCUT2D eigenvalue weighted by molar-refractivity contribution is 0.0812. The molecule has 0 fully saturated rings. The molecule has 0 saturated heterocycles. The number of fused-ring (bicyclic) bond motifs is 1. The molecule has 0 aliphatic carbocycles. The summed E-state index contributed by atoms with van der Waals surface area (Å²) in [5.41, 5.74) is 0. The molecule has 1 aromatic rings. The Morgan fingerprint density at radius 1 is 1.48 bits per heavy atom. The van der Waals surface area contributed by atoms with Crippen molar-refractivity contribution in [3.05, 3.63) is 22.7 Å². The largest absolute Gasteiger partial charge is 0.487 e. The first-order valence-electron chi connectivity index (χ1n) is 9.69. The Balaban J connectivity index is 2.41. The molecule has 3 atom stereocenters. The van der Waals surface area contributed by atoms with Crippen LogP contribution in [-0.4, -0.2) is 74.2 Å². The van der Waals surface area contributed by atoms with Crippen molar-refractivity contribution in [2.24, 2.45) is 5.92 Å². The Morgan fingerprint density at radius 3 is 2.79 bits per heavy atom. The highest BCUT2D eigenvalue weighted by atomic mass is 79.9. The van der Waals surface area contributed by atoms with E-state index in [4.69, 9.17) is 4.74 Å². The van der Waals surface area contributed by atoms with Gasteiger partial charge < -0.3 is 20.1 Å². The van der Waals surface area contributed by atoms with Crippen LogP contribution >= 0.6 is 15.9 Å². The van der Waals surface area contributed by atoms with Crippen LogP contribution in [0.5, 0.6) is 5.75 Å². The molecule has 0 unspecified atom stereocenters. The van der Waals surface area contributed by atoms with Crippen LogP contribution < -0.4 is 10.1 Å². The zero-order valence-electron chi connectivity index (χ0n) is 17.3. The van der Waals surface area contributed by atoms with Gasteiger partial charge in [-0.15, -0.1) is 0 Å². The Hall–Kier alpha value is -1.36. The highest BCUT2D eigenvalue weighted by molar-refractivity contribution is 9.10. The summed E-state index contributed by atoms with van der Waals surface area (Å²) in [6, 6.07) is 3.98. The number of nitrogens with one attached hydrogen (secondary N) is 1. The van der Waals surface area contributed by atoms with Crippen molar-refractivity contribution in [1.29, 1.82) is 0 Å². The monoisotopic (exact) mass is 491 g/mol. The van der Waals surface area contributed by atoms with Crippen molar-refractivity contribution < 1.29 is 23.1 Å². The topological polar surface area (TPSA) is 99.2 Å². The summed E-state index contributed by atoms with van der Waals surface area (Å²) < 4.78 is 34.6. The summed E-state index contributed by atoms with van der Waals surface area (Å²) in [5, 5.41) is 12.4. The minimum absolute atomic E-state index is 0.0518. The van der Waals surface area contributed by atoms with Gasteiger partial charge in [0.2, 0.25) is 10.0 Å². The van der Waals surface area contributed by atoms with E-state index in [-0.39, 0.29) is 35.7 Å². The number of sulfonamides is 1. The van der Waals surface area contributed by atoms with Crippen molar-refractivity contribution in [3.63, 3.8) is 0 Å². The number of aliphatic hydroxyl groups is 1. The lowest BCUT2D eigenvalue weighted by Crippen LogP contribution is -2.51. The third-order valence-electron chi connectivity index (χ3n) is 4.96. The first-order chi connectivity index (χ1) is 13.6. The summed E-state index contributed by atoms with van der Waals surface area (Å²) in [6.45, 7) is 6.30. The molecule has 8 nitrogen and oxygen atoms in total. The summed E-state index contributed by atoms with van der Waals surface area (Å²) in [7, 11) is -2.16. The summed E-state index contributed by atoms with van der Waals surface area (Å²) in [6.07, 6.45) is 0.410. The number of benzene rings is 1. The van der Waals surface area contributed by atoms with Crippen molar-refractivity contribution in [3.8, 4) is 5.75 Å². The van der Waals surface area contributed by atoms with Crippen LogP contribution in [0.15, 0.2) is 27.6 Å². The van der Waals surface area contributed by atoms with Crippen LogP contribution in [0.25, 0.3) is 0 Å². The maximum absolute atomic E-state index is 13.2. The van der Waals surface area contributed by atoms with Gasteiger partial charge in [0.25, 0.3) is 0 Å². The molecule has 2 N–H and O–H groups in total. The van der Waals surface area contributed by atoms with Gasteiger partial charge in [0.1, 0.15) is 16.7 Å². The molecule has 2 amide bonds. The Bertz CT molecular complexity index is 820. The molecular weight excluding hydrogens is 462 g/mol. The first-order valence-corrected chi connectivity index (χ1v) is 11.9. The number of halogens is 1. The number of likely N-dealkylation sites (N-methyl/N-ethyl adjacent to an activating group) is 1. The van der Waals surface area contributed by atoms with E-state index in [9.17, 15) is 18.3 Å². The van der Waals surface area contributed by atoms with Crippen LogP contribution in [0.1, 0.15) is 27.2 Å². The predicted octanol–water partition coefficient (Wildman–Crippen LogP) is 2.27. The first kappa shape index (κ1) is 23.9. The maximum Gasteiger partial charge on any atom is 0.317 e. The smallest absolute Gasteiger partial charge is 0.317 e. The zero-order valence-corrected chi connectivity index (χ0v) is 19.7. The fourth-order valence-electron chi connectivity index (χ4n) is 3.14. The molecule has 0 saturated carbocycles. The van der Waals surface area contributed by atoms with Crippen LogP contribution in [0.3, 0.4) is 0 Å². The van der Waals surface area contributed by atoms with E-state index in [0.717, 1.165) is 6.42 Å². The van der Waals surface area contributed by atoms with Crippen LogP contribution in [-0.2, 0) is 10.0 Å². The van der Waals surface area contributed by atoms with Gasteiger partial charge in [-0.3, -0.25) is 0 Å². The van der Waals surface area contributed by atoms with Gasteiger partial charge >= 0.3 is 6.03 Å². The van der Waals surface area contributed by atoms with Gasteiger partial charge in [0, 0.05) is 36.6 Å². The van der Waals surface area contributed by atoms with Crippen molar-refractivity contribution >= 4 is 32.0 Å². The number of nitrogens with zero attached hydrogens (tertiary/aromatic N) is 2. The molecule has 1 aliphatic heterocycles. The SMILES string of the molecule is CCCNC(=O)N(C)C[C@H]1Oc2cc(Br)ccc2S(=O)(=O)N([C@@H](C)CO)C[C@@H]1C. The van der Waals surface area contributed by atoms with Crippen LogP contribution in [0.4, 0.5) is 4.79 Å². The number of carbonyl (C=O) groups excluding carboxylic acids is 1. The molecule has 1 aliphatic rings. The number of urea groups is 1. The lowest BCUT2D eigenvalue weighted by atomic mass is 10.0. The highest BCUT2D eigenvalue weighted by Gasteiger charge is 2.38. The quantitative estimate of drug-likeness (QED) is 0.635. The van der Waals surface area contributed by atoms with E-state index < -0.39 is 22.2 Å². The number of hydrogen-bond donors (Lipinski definition) is 2. The van der Waals surface area contributed by atoms with Crippen molar-refractivity contribution in [2.45, 2.75) is 44.2 Å². The van der Waals surface area contributed by atoms with E-state index in [1.54, 1.807) is 31.0 Å². The summed E-state index contributed by atoms with van der Waals surface area (Å²) in [5.74, 6) is 0.0146. The normalized spacial score (nSPS) is 22.6. The molecule has 164 valence electrons. The summed E-state index contributed by atoms with van der Waals surface area (Å²) >= 11 is 3.37. The van der Waals surface area contributed by atoms with Crippen molar-refractivity contribution in [1.82, 2.24) is 14.5 Å². The minimum Gasteiger partial charge on any atom is -0.487 e. The molecule has 29 heavy (non-hydrogen) atoms. The average Bonchev–Trinajstić information content (AvgIpc) is 2.67. The third-order valence-corrected chi connectivity index (χ3v) is 7.47. The number of carbonyl (C=O) groups is 1. The third kappa shape index (κ3) is 5.62. The number of aliphatic hydroxyl groups excluding tert-OH is 1. The fourth-order valence-corrected chi connectivity index (χ4v) is 5.30. The fraction of sp³-hybridized carbons (Fsp3) is 0.632. The Labute approximate surface area is 181 Å². The van der Waals surface area contributed by atoms with Gasteiger partial charge in [-0.25, -0.2) is 13.2 Å². The number of hydrogen-bond acceptors (Lipinski definition) is 5. The van der Waals surface area contributed by atoms with Gasteiger partial charge in [-0.05, 0) is 31.5 Å². The molecule has 2 rings (SSSR count). The molecule has 1 aromatic carbocycles. The zero-order chi connectivity index (χ0) is 21.8. The molecule has 0 bridgehead atoms. The molecule has 1 heterocycles. The van der Waals surface area contributed by atoms with E-state index >= 15 is 0 Å². The standard InChI is InChI=1S/C19H30BrN3O5S/c1-5-8-21-19(25)22(4)11-17-13(2)10-23(14(3)12-24)29(26,27)18-7-6-15(20)9-16(18)28-17/h6-7,9,13-14,17,24H,5,8,10-12H2,1-4H3,(H,21,25)/t13-,14-,17+/m0/s1. The van der Waals surface area contributed by atoms with Gasteiger partial charge in [-0.1, -0.05) is 29.8 Å². The predicted molar refractivity (Wildman–Crippen MR) is 114 cm³/mol. The van der Waals surface area contributed by atoms with Crippen molar-refractivity contribution in [2.75, 3.05) is 33.3 Å². The van der Waals surface area contributed by atoms with Crippen LogP contribution in [0, 0.1) is 5.92 Å². The van der Waals surface area contributed by atoms with Crippen LogP contribution in [0.2, 0.25) is 0 Å². The van der Waals surface area contributed by atoms with Gasteiger partial charge in [-0.2, -0.15) is 4.31 Å². The molecule has 0 spiro atoms. The van der Waals surface area contributed by atoms with E-state index in [2.05, 4.69) is 21.2 Å². The lowest BCUT2D eigenvalue weighted by Gasteiger charge is -2.37. The second-order valence-electron chi connectivity index (χ2n) is 7.44. The number of ether oxygens (including phenoxy) is 1. The summed E-state index contributed by atoms with van der Waals surface area (Å²) in [4.78, 5) is 13.9. The molecule has 0 radical (unpaired) electrons. The second kappa shape index (κ2) is 10.1.